The Morgan fingerprint density at radius 3 is 2.14 bits per heavy atom. The number of ether oxygens (including phenoxy) is 3. The minimum atomic E-state index is -0.861. The van der Waals surface area contributed by atoms with Crippen molar-refractivity contribution >= 4 is 5.97 Å². The van der Waals surface area contributed by atoms with E-state index in [0.717, 1.165) is 5.56 Å². The highest BCUT2D eigenvalue weighted by molar-refractivity contribution is 5.73. The van der Waals surface area contributed by atoms with Gasteiger partial charge < -0.3 is 24.6 Å². The number of carbonyl (C=O) groups is 1. The van der Waals surface area contributed by atoms with E-state index in [1.54, 1.807) is 14.2 Å². The van der Waals surface area contributed by atoms with E-state index in [0.29, 0.717) is 30.4 Å². The number of hydrogen-bond donors (Lipinski definition) is 2. The summed E-state index contributed by atoms with van der Waals surface area (Å²) >= 11 is 0. The second-order valence-corrected chi connectivity index (χ2v) is 5.20. The van der Waals surface area contributed by atoms with Crippen LogP contribution in [0.5, 0.6) is 17.2 Å². The number of hydrogen-bond acceptors (Lipinski definition) is 5. The van der Waals surface area contributed by atoms with E-state index in [9.17, 15) is 9.90 Å². The summed E-state index contributed by atoms with van der Waals surface area (Å²) in [6.07, 6.45) is 0. The highest BCUT2D eigenvalue weighted by Gasteiger charge is 2.21. The predicted molar refractivity (Wildman–Crippen MR) is 83.8 cm³/mol. The molecule has 0 aliphatic rings. The standard InChI is InChI=1S/C16H25NO5/c1-6-22-15-12(20-4)7-11(8-13(15)21-5)9-17-14(10(2)3)16(18)19/h7-8,10,14,17H,6,9H2,1-5H3,(H,18,19)/t14-/m1/s1. The van der Waals surface area contributed by atoms with Gasteiger partial charge in [0.2, 0.25) is 5.75 Å². The lowest BCUT2D eigenvalue weighted by Gasteiger charge is -2.19. The maximum absolute atomic E-state index is 11.2. The Kier molecular flexibility index (Phi) is 6.98. The first-order valence-corrected chi connectivity index (χ1v) is 7.28. The normalized spacial score (nSPS) is 12.1. The molecule has 0 saturated carbocycles. The molecule has 0 aliphatic heterocycles. The maximum Gasteiger partial charge on any atom is 0.320 e. The lowest BCUT2D eigenvalue weighted by Crippen LogP contribution is -2.40. The molecule has 0 bridgehead atoms. The summed E-state index contributed by atoms with van der Waals surface area (Å²) in [6, 6.07) is 3.03. The van der Waals surface area contributed by atoms with Crippen LogP contribution < -0.4 is 19.5 Å². The van der Waals surface area contributed by atoms with Crippen LogP contribution in [0.15, 0.2) is 12.1 Å². The Labute approximate surface area is 131 Å². The Morgan fingerprint density at radius 1 is 1.23 bits per heavy atom. The van der Waals surface area contributed by atoms with E-state index >= 15 is 0 Å². The molecular formula is C16H25NO5. The number of aliphatic carboxylic acids is 1. The largest absolute Gasteiger partial charge is 0.493 e. The molecule has 0 aromatic heterocycles. The second-order valence-electron chi connectivity index (χ2n) is 5.20. The van der Waals surface area contributed by atoms with Crippen molar-refractivity contribution in [3.63, 3.8) is 0 Å². The summed E-state index contributed by atoms with van der Waals surface area (Å²) in [5.74, 6) is 0.808. The van der Waals surface area contributed by atoms with Crippen LogP contribution >= 0.6 is 0 Å². The van der Waals surface area contributed by atoms with Crippen molar-refractivity contribution in [1.82, 2.24) is 5.32 Å². The maximum atomic E-state index is 11.2. The molecule has 0 heterocycles. The van der Waals surface area contributed by atoms with Crippen molar-refractivity contribution < 1.29 is 24.1 Å². The van der Waals surface area contributed by atoms with Crippen LogP contribution in [0, 0.1) is 5.92 Å². The van der Waals surface area contributed by atoms with Gasteiger partial charge in [0.15, 0.2) is 11.5 Å². The van der Waals surface area contributed by atoms with Crippen molar-refractivity contribution in [2.24, 2.45) is 5.92 Å². The molecule has 1 aromatic carbocycles. The summed E-state index contributed by atoms with van der Waals surface area (Å²) in [6.45, 7) is 6.51. The number of rotatable bonds is 9. The van der Waals surface area contributed by atoms with E-state index in [1.807, 2.05) is 32.9 Å². The molecule has 0 unspecified atom stereocenters. The van der Waals surface area contributed by atoms with Gasteiger partial charge in [-0.25, -0.2) is 0 Å². The van der Waals surface area contributed by atoms with Crippen molar-refractivity contribution in [1.29, 1.82) is 0 Å². The first-order valence-electron chi connectivity index (χ1n) is 7.28. The summed E-state index contributed by atoms with van der Waals surface area (Å²) in [5, 5.41) is 12.2. The number of carboxylic acids is 1. The molecule has 0 saturated heterocycles. The highest BCUT2D eigenvalue weighted by atomic mass is 16.5. The van der Waals surface area contributed by atoms with Crippen molar-refractivity contribution in [2.75, 3.05) is 20.8 Å². The Hall–Kier alpha value is -1.95. The van der Waals surface area contributed by atoms with E-state index in [2.05, 4.69) is 5.32 Å². The van der Waals surface area contributed by atoms with Gasteiger partial charge in [-0.05, 0) is 30.5 Å². The zero-order chi connectivity index (χ0) is 16.7. The van der Waals surface area contributed by atoms with Gasteiger partial charge in [-0.3, -0.25) is 4.79 Å². The molecule has 0 spiro atoms. The van der Waals surface area contributed by atoms with Gasteiger partial charge in [0.05, 0.1) is 20.8 Å². The number of carboxylic acid groups (broad SMARTS) is 1. The summed E-state index contributed by atoms with van der Waals surface area (Å²) < 4.78 is 16.2. The van der Waals surface area contributed by atoms with Gasteiger partial charge in [0.25, 0.3) is 0 Å². The Bertz CT molecular complexity index is 476. The molecule has 124 valence electrons. The first-order chi connectivity index (χ1) is 10.4. The quantitative estimate of drug-likeness (QED) is 0.729. The fraction of sp³-hybridized carbons (Fsp3) is 0.562. The molecule has 2 N–H and O–H groups in total. The van der Waals surface area contributed by atoms with E-state index in [4.69, 9.17) is 14.2 Å². The fourth-order valence-corrected chi connectivity index (χ4v) is 2.16. The van der Waals surface area contributed by atoms with Crippen LogP contribution in [0.25, 0.3) is 0 Å². The number of benzene rings is 1. The van der Waals surface area contributed by atoms with Crippen LogP contribution in [-0.4, -0.2) is 37.9 Å². The third-order valence-corrected chi connectivity index (χ3v) is 3.27. The van der Waals surface area contributed by atoms with Gasteiger partial charge >= 0.3 is 5.97 Å². The molecule has 6 nitrogen and oxygen atoms in total. The molecule has 0 radical (unpaired) electrons. The van der Waals surface area contributed by atoms with Gasteiger partial charge in [-0.15, -0.1) is 0 Å². The second kappa shape index (κ2) is 8.48. The summed E-state index contributed by atoms with van der Waals surface area (Å²) in [4.78, 5) is 11.2. The smallest absolute Gasteiger partial charge is 0.320 e. The monoisotopic (exact) mass is 311 g/mol. The van der Waals surface area contributed by atoms with Crippen molar-refractivity contribution in [3.8, 4) is 17.2 Å². The van der Waals surface area contributed by atoms with Crippen molar-refractivity contribution in [2.45, 2.75) is 33.4 Å². The number of methoxy groups -OCH3 is 2. The Balaban J connectivity index is 2.98. The first kappa shape index (κ1) is 18.1. The molecule has 0 amide bonds. The van der Waals surface area contributed by atoms with E-state index in [-0.39, 0.29) is 5.92 Å². The zero-order valence-corrected chi connectivity index (χ0v) is 13.8. The van der Waals surface area contributed by atoms with E-state index < -0.39 is 12.0 Å². The van der Waals surface area contributed by atoms with Crippen LogP contribution in [-0.2, 0) is 11.3 Å². The van der Waals surface area contributed by atoms with Crippen LogP contribution in [0.3, 0.4) is 0 Å². The van der Waals surface area contributed by atoms with Gasteiger partial charge in [-0.1, -0.05) is 13.8 Å². The SMILES string of the molecule is CCOc1c(OC)cc(CN[C@@H](C(=O)O)C(C)C)cc1OC. The summed E-state index contributed by atoms with van der Waals surface area (Å²) in [5.41, 5.74) is 0.865. The molecule has 22 heavy (non-hydrogen) atoms. The van der Waals surface area contributed by atoms with Crippen LogP contribution in [0.2, 0.25) is 0 Å². The lowest BCUT2D eigenvalue weighted by molar-refractivity contribution is -0.140. The zero-order valence-electron chi connectivity index (χ0n) is 13.8. The van der Waals surface area contributed by atoms with E-state index in [1.165, 1.54) is 0 Å². The van der Waals surface area contributed by atoms with Crippen LogP contribution in [0.4, 0.5) is 0 Å². The van der Waals surface area contributed by atoms with Crippen molar-refractivity contribution in [3.05, 3.63) is 17.7 Å². The molecule has 0 fully saturated rings. The average Bonchev–Trinajstić information content (AvgIpc) is 2.47. The molecule has 1 atom stereocenters. The molecular weight excluding hydrogens is 286 g/mol. The fourth-order valence-electron chi connectivity index (χ4n) is 2.16. The molecule has 1 aromatic rings. The van der Waals surface area contributed by atoms with Gasteiger partial charge in [0.1, 0.15) is 6.04 Å². The topological polar surface area (TPSA) is 77.0 Å². The van der Waals surface area contributed by atoms with Gasteiger partial charge in [0, 0.05) is 6.54 Å². The summed E-state index contributed by atoms with van der Waals surface area (Å²) in [7, 11) is 3.12. The minimum absolute atomic E-state index is 0.0102. The van der Waals surface area contributed by atoms with Crippen LogP contribution in [0.1, 0.15) is 26.3 Å². The van der Waals surface area contributed by atoms with Gasteiger partial charge in [-0.2, -0.15) is 0 Å². The highest BCUT2D eigenvalue weighted by Crippen LogP contribution is 2.38. The minimum Gasteiger partial charge on any atom is -0.493 e. The lowest BCUT2D eigenvalue weighted by atomic mass is 10.0. The molecule has 0 aliphatic carbocycles. The third kappa shape index (κ3) is 4.53. The molecule has 6 heteroatoms. The number of nitrogens with one attached hydrogen (secondary N) is 1. The third-order valence-electron chi connectivity index (χ3n) is 3.27. The molecule has 1 rings (SSSR count). The Morgan fingerprint density at radius 2 is 1.77 bits per heavy atom. The average molecular weight is 311 g/mol. The predicted octanol–water partition coefficient (Wildman–Crippen LogP) is 2.30.